The van der Waals surface area contributed by atoms with Crippen molar-refractivity contribution in [3.05, 3.63) is 54.1 Å². The van der Waals surface area contributed by atoms with E-state index in [1.54, 1.807) is 12.1 Å². The smallest absolute Gasteiger partial charge is 0.265 e. The van der Waals surface area contributed by atoms with Crippen LogP contribution in [0.15, 0.2) is 48.5 Å². The van der Waals surface area contributed by atoms with E-state index in [9.17, 15) is 4.79 Å². The summed E-state index contributed by atoms with van der Waals surface area (Å²) in [6, 6.07) is 15.4. The summed E-state index contributed by atoms with van der Waals surface area (Å²) in [6.07, 6.45) is 1.38. The zero-order chi connectivity index (χ0) is 20.1. The Hall–Kier alpha value is -2.41. The molecule has 1 amide bonds. The van der Waals surface area contributed by atoms with Crippen molar-refractivity contribution in [1.82, 2.24) is 10.3 Å². The van der Waals surface area contributed by atoms with Gasteiger partial charge in [0.25, 0.3) is 5.91 Å². The van der Waals surface area contributed by atoms with E-state index in [0.29, 0.717) is 5.56 Å². The molecule has 2 aromatic carbocycles. The van der Waals surface area contributed by atoms with Crippen LogP contribution in [-0.4, -0.2) is 42.3 Å². The summed E-state index contributed by atoms with van der Waals surface area (Å²) < 4.78 is 12.1. The topological polar surface area (TPSA) is 76.8 Å². The summed E-state index contributed by atoms with van der Waals surface area (Å²) in [4.78, 5) is 13.9. The highest BCUT2D eigenvalue weighted by Crippen LogP contribution is 2.25. The molecular weight excluding hydrogens is 354 g/mol. The number of nitrogen functional groups attached to an aromatic ring is 1. The van der Waals surface area contributed by atoms with E-state index in [1.165, 1.54) is 0 Å². The molecule has 3 unspecified atom stereocenters. The second-order valence-corrected chi connectivity index (χ2v) is 7.27. The van der Waals surface area contributed by atoms with Crippen LogP contribution in [0.1, 0.15) is 37.6 Å². The van der Waals surface area contributed by atoms with Crippen LogP contribution in [0.4, 0.5) is 0 Å². The van der Waals surface area contributed by atoms with Crippen LogP contribution in [0.2, 0.25) is 0 Å². The second kappa shape index (κ2) is 9.19. The third-order valence-corrected chi connectivity index (χ3v) is 4.94. The fourth-order valence-corrected chi connectivity index (χ4v) is 3.65. The van der Waals surface area contributed by atoms with Crippen LogP contribution in [0, 0.1) is 0 Å². The fourth-order valence-electron chi connectivity index (χ4n) is 3.65. The maximum absolute atomic E-state index is 11.5. The van der Waals surface area contributed by atoms with Crippen LogP contribution < -0.4 is 16.0 Å². The van der Waals surface area contributed by atoms with Crippen molar-refractivity contribution in [2.75, 3.05) is 13.1 Å². The highest BCUT2D eigenvalue weighted by atomic mass is 16.5. The van der Waals surface area contributed by atoms with Crippen LogP contribution in [0.25, 0.3) is 11.1 Å². The highest BCUT2D eigenvalue weighted by molar-refractivity contribution is 5.94. The molecule has 0 aromatic heterocycles. The third kappa shape index (κ3) is 4.90. The Morgan fingerprint density at radius 1 is 1.11 bits per heavy atom. The number of morpholine rings is 1. The Labute approximate surface area is 166 Å². The number of rotatable bonds is 6. The molecule has 0 radical (unpaired) electrons. The first-order valence-corrected chi connectivity index (χ1v) is 9.77. The van der Waals surface area contributed by atoms with Gasteiger partial charge >= 0.3 is 0 Å². The number of nitrogens with zero attached hydrogens (tertiary/aromatic N) is 1. The third-order valence-electron chi connectivity index (χ3n) is 4.94. The molecule has 0 saturated carbocycles. The maximum Gasteiger partial charge on any atom is 0.265 e. The molecule has 2 aromatic rings. The molecule has 28 heavy (non-hydrogen) atoms. The zero-order valence-electron chi connectivity index (χ0n) is 16.7. The number of amides is 1. The molecule has 3 atom stereocenters. The van der Waals surface area contributed by atoms with Crippen LogP contribution in [0.3, 0.4) is 0 Å². The van der Waals surface area contributed by atoms with E-state index in [0.717, 1.165) is 36.4 Å². The number of hydrogen-bond acceptors (Lipinski definition) is 5. The summed E-state index contributed by atoms with van der Waals surface area (Å²) >= 11 is 0. The minimum Gasteiger partial charge on any atom is -0.475 e. The van der Waals surface area contributed by atoms with Crippen LogP contribution in [-0.2, 0) is 4.74 Å². The second-order valence-electron chi connectivity index (χ2n) is 7.27. The first-order chi connectivity index (χ1) is 13.5. The molecule has 0 bridgehead atoms. The minimum atomic E-state index is -0.298. The van der Waals surface area contributed by atoms with Crippen molar-refractivity contribution in [1.29, 1.82) is 0 Å². The Morgan fingerprint density at radius 2 is 1.64 bits per heavy atom. The van der Waals surface area contributed by atoms with Gasteiger partial charge in [0.15, 0.2) is 6.23 Å². The molecule has 0 spiro atoms. The predicted molar refractivity (Wildman–Crippen MR) is 110 cm³/mol. The fraction of sp³-hybridized carbons (Fsp3) is 0.409. The largest absolute Gasteiger partial charge is 0.475 e. The standard InChI is InChI=1S/C22H29N3O3/c1-4-21(25-13-15(2)27-16(3)14-25)28-20-11-9-18(10-12-20)17-5-7-19(8-6-17)22(26)24-23/h5-12,15-16,21H,4,13-14,23H2,1-3H3,(H,24,26). The van der Waals surface area contributed by atoms with Gasteiger partial charge < -0.3 is 9.47 Å². The summed E-state index contributed by atoms with van der Waals surface area (Å²) in [5.41, 5.74) is 4.76. The Kier molecular flexibility index (Phi) is 6.67. The lowest BCUT2D eigenvalue weighted by molar-refractivity contribution is -0.113. The first kappa shape index (κ1) is 20.3. The van der Waals surface area contributed by atoms with Crippen LogP contribution in [0.5, 0.6) is 5.75 Å². The number of carbonyl (C=O) groups is 1. The summed E-state index contributed by atoms with van der Waals surface area (Å²) in [5.74, 6) is 5.72. The predicted octanol–water partition coefficient (Wildman–Crippen LogP) is 3.18. The molecule has 3 N–H and O–H groups in total. The number of nitrogens with two attached hydrogens (primary N) is 1. The van der Waals surface area contributed by atoms with Crippen molar-refractivity contribution < 1.29 is 14.3 Å². The summed E-state index contributed by atoms with van der Waals surface area (Å²) in [6.45, 7) is 8.11. The normalized spacial score (nSPS) is 21.1. The molecule has 1 heterocycles. The molecule has 6 heteroatoms. The number of hydrazine groups is 1. The van der Waals surface area contributed by atoms with Gasteiger partial charge in [-0.2, -0.15) is 0 Å². The minimum absolute atomic E-state index is 0.0358. The molecule has 1 saturated heterocycles. The van der Waals surface area contributed by atoms with E-state index in [4.69, 9.17) is 15.3 Å². The Balaban J connectivity index is 1.67. The number of nitrogens with one attached hydrogen (secondary N) is 1. The van der Waals surface area contributed by atoms with E-state index in [2.05, 4.69) is 31.1 Å². The molecule has 6 nitrogen and oxygen atoms in total. The number of ether oxygens (including phenoxy) is 2. The van der Waals surface area contributed by atoms with Gasteiger partial charge in [0.05, 0.1) is 12.2 Å². The van der Waals surface area contributed by atoms with Crippen molar-refractivity contribution in [3.8, 4) is 16.9 Å². The molecule has 1 aliphatic rings. The lowest BCUT2D eigenvalue weighted by Gasteiger charge is -2.39. The van der Waals surface area contributed by atoms with Crippen molar-refractivity contribution >= 4 is 5.91 Å². The SMILES string of the molecule is CCC(Oc1ccc(-c2ccc(C(=O)NN)cc2)cc1)N1CC(C)OC(C)C1. The highest BCUT2D eigenvalue weighted by Gasteiger charge is 2.28. The first-order valence-electron chi connectivity index (χ1n) is 9.77. The van der Waals surface area contributed by atoms with Gasteiger partial charge in [-0.05, 0) is 55.7 Å². The van der Waals surface area contributed by atoms with E-state index in [1.807, 2.05) is 36.4 Å². The Bertz CT molecular complexity index is 767. The average Bonchev–Trinajstić information content (AvgIpc) is 2.71. The number of benzene rings is 2. The van der Waals surface area contributed by atoms with Gasteiger partial charge in [-0.25, -0.2) is 5.84 Å². The van der Waals surface area contributed by atoms with Gasteiger partial charge in [-0.15, -0.1) is 0 Å². The van der Waals surface area contributed by atoms with E-state index < -0.39 is 0 Å². The molecule has 1 fully saturated rings. The number of hydrogen-bond donors (Lipinski definition) is 2. The van der Waals surface area contributed by atoms with E-state index in [-0.39, 0.29) is 24.3 Å². The Morgan fingerprint density at radius 3 is 2.14 bits per heavy atom. The van der Waals surface area contributed by atoms with Gasteiger partial charge in [-0.3, -0.25) is 15.1 Å². The average molecular weight is 383 g/mol. The van der Waals surface area contributed by atoms with Crippen LogP contribution >= 0.6 is 0 Å². The zero-order valence-corrected chi connectivity index (χ0v) is 16.7. The molecule has 3 rings (SSSR count). The quantitative estimate of drug-likeness (QED) is 0.455. The molecular formula is C22H29N3O3. The van der Waals surface area contributed by atoms with Gasteiger partial charge in [-0.1, -0.05) is 31.2 Å². The summed E-state index contributed by atoms with van der Waals surface area (Å²) in [7, 11) is 0. The van der Waals surface area contributed by atoms with Gasteiger partial charge in [0.2, 0.25) is 0 Å². The number of carbonyl (C=O) groups excluding carboxylic acids is 1. The monoisotopic (exact) mass is 383 g/mol. The molecule has 1 aliphatic heterocycles. The van der Waals surface area contributed by atoms with Gasteiger partial charge in [0, 0.05) is 18.7 Å². The van der Waals surface area contributed by atoms with E-state index >= 15 is 0 Å². The lowest BCUT2D eigenvalue weighted by atomic mass is 10.0. The lowest BCUT2D eigenvalue weighted by Crippen LogP contribution is -2.51. The van der Waals surface area contributed by atoms with Crippen molar-refractivity contribution in [2.45, 2.75) is 45.6 Å². The van der Waals surface area contributed by atoms with Crippen molar-refractivity contribution in [2.24, 2.45) is 5.84 Å². The molecule has 0 aliphatic carbocycles. The molecule has 150 valence electrons. The van der Waals surface area contributed by atoms with Gasteiger partial charge in [0.1, 0.15) is 5.75 Å². The van der Waals surface area contributed by atoms with Crippen molar-refractivity contribution in [3.63, 3.8) is 0 Å². The summed E-state index contributed by atoms with van der Waals surface area (Å²) in [5, 5.41) is 0. The maximum atomic E-state index is 11.5.